The molecule has 10 nitrogen and oxygen atoms in total. The number of nitrogens with one attached hydrogen (secondary N) is 2. The second-order valence-electron chi connectivity index (χ2n) is 4.37. The molecule has 0 bridgehead atoms. The van der Waals surface area contributed by atoms with E-state index in [1.54, 1.807) is 0 Å². The highest BCUT2D eigenvalue weighted by molar-refractivity contribution is 6.17. The number of nitrogens with zero attached hydrogens (tertiary/aromatic N) is 3. The van der Waals surface area contributed by atoms with E-state index in [1.807, 2.05) is 7.05 Å². The van der Waals surface area contributed by atoms with Crippen molar-refractivity contribution in [1.82, 2.24) is 10.6 Å². The van der Waals surface area contributed by atoms with E-state index in [0.717, 1.165) is 0 Å². The van der Waals surface area contributed by atoms with Crippen LogP contribution < -0.4 is 10.6 Å². The maximum absolute atomic E-state index is 11.2. The molecule has 1 aliphatic rings. The molecule has 0 aromatic carbocycles. The Labute approximate surface area is 140 Å². The predicted molar refractivity (Wildman–Crippen MR) is 86.2 cm³/mol. The zero-order valence-corrected chi connectivity index (χ0v) is 13.7. The monoisotopic (exact) mass is 341 g/mol. The van der Waals surface area contributed by atoms with Gasteiger partial charge in [-0.15, -0.1) is 6.42 Å². The number of hydrogen-bond acceptors (Lipinski definition) is 7. The molecule has 1 saturated heterocycles. The minimum absolute atomic E-state index is 0.0879. The molecule has 10 heteroatoms. The van der Waals surface area contributed by atoms with Crippen molar-refractivity contribution in [3.05, 3.63) is 10.4 Å². The SMILES string of the molecule is C#CCNC.[N-]=[N+]=NCCOCCOCCOCC(=O)C1NC1=O. The Balaban J connectivity index is 0.000000922. The van der Waals surface area contributed by atoms with E-state index in [0.29, 0.717) is 39.5 Å². The molecule has 2 N–H and O–H groups in total. The number of rotatable bonds is 13. The fourth-order valence-electron chi connectivity index (χ4n) is 1.28. The second kappa shape index (κ2) is 15.7. The first-order chi connectivity index (χ1) is 11.7. The number of carbonyl (C=O) groups is 2. The summed E-state index contributed by atoms with van der Waals surface area (Å²) in [5, 5.41) is 8.46. The number of carbonyl (C=O) groups excluding carboxylic acids is 2. The predicted octanol–water partition coefficient (Wildman–Crippen LogP) is -0.747. The van der Waals surface area contributed by atoms with Crippen LogP contribution in [-0.4, -0.2) is 77.5 Å². The Hall–Kier alpha value is -2.15. The van der Waals surface area contributed by atoms with E-state index < -0.39 is 6.04 Å². The van der Waals surface area contributed by atoms with Gasteiger partial charge in [-0.05, 0) is 12.6 Å². The first-order valence-corrected chi connectivity index (χ1v) is 7.32. The summed E-state index contributed by atoms with van der Waals surface area (Å²) in [6.07, 6.45) is 4.83. The minimum atomic E-state index is -0.662. The van der Waals surface area contributed by atoms with Gasteiger partial charge in [-0.1, -0.05) is 11.0 Å². The van der Waals surface area contributed by atoms with Crippen LogP contribution in [0.3, 0.4) is 0 Å². The van der Waals surface area contributed by atoms with Gasteiger partial charge in [0.1, 0.15) is 6.61 Å². The van der Waals surface area contributed by atoms with Gasteiger partial charge in [-0.3, -0.25) is 9.59 Å². The van der Waals surface area contributed by atoms with E-state index >= 15 is 0 Å². The van der Waals surface area contributed by atoms with Crippen molar-refractivity contribution >= 4 is 11.7 Å². The molecule has 0 aliphatic carbocycles. The van der Waals surface area contributed by atoms with Crippen molar-refractivity contribution in [2.24, 2.45) is 5.11 Å². The van der Waals surface area contributed by atoms with Gasteiger partial charge < -0.3 is 24.8 Å². The standard InChI is InChI=1S/C10H16N4O5.C4H7N/c11-14-12-1-2-17-3-4-18-5-6-19-7-8(15)9-10(16)13-9;1-3-4-5-2/h9H,1-7H2,(H,13,16);1,5H,4H2,2H3. The van der Waals surface area contributed by atoms with E-state index in [1.165, 1.54) is 0 Å². The summed E-state index contributed by atoms with van der Waals surface area (Å²) in [5.41, 5.74) is 8.00. The lowest BCUT2D eigenvalue weighted by molar-refractivity contribution is -0.125. The third-order valence-electron chi connectivity index (χ3n) is 2.45. The van der Waals surface area contributed by atoms with Crippen LogP contribution in [0.1, 0.15) is 0 Å². The van der Waals surface area contributed by atoms with E-state index in [-0.39, 0.29) is 24.9 Å². The summed E-state index contributed by atoms with van der Waals surface area (Å²) < 4.78 is 15.3. The quantitative estimate of drug-likeness (QED) is 0.0858. The van der Waals surface area contributed by atoms with Crippen LogP contribution in [0.2, 0.25) is 0 Å². The van der Waals surface area contributed by atoms with Gasteiger partial charge in [-0.25, -0.2) is 0 Å². The van der Waals surface area contributed by atoms with Crippen LogP contribution in [-0.2, 0) is 23.8 Å². The highest BCUT2D eigenvalue weighted by Crippen LogP contribution is 2.01. The van der Waals surface area contributed by atoms with Gasteiger partial charge in [0.05, 0.1) is 39.6 Å². The molecule has 1 rings (SSSR count). The average molecular weight is 341 g/mol. The number of azide groups is 1. The zero-order chi connectivity index (χ0) is 18.0. The second-order valence-corrected chi connectivity index (χ2v) is 4.37. The Morgan fingerprint density at radius 3 is 2.38 bits per heavy atom. The van der Waals surface area contributed by atoms with Crippen LogP contribution in [0.5, 0.6) is 0 Å². The molecule has 1 aliphatic heterocycles. The normalized spacial score (nSPS) is 14.5. The Morgan fingerprint density at radius 2 is 1.92 bits per heavy atom. The highest BCUT2D eigenvalue weighted by atomic mass is 16.5. The fourth-order valence-corrected chi connectivity index (χ4v) is 1.28. The molecule has 134 valence electrons. The van der Waals surface area contributed by atoms with Gasteiger partial charge in [0, 0.05) is 11.5 Å². The van der Waals surface area contributed by atoms with Crippen molar-refractivity contribution in [3.63, 3.8) is 0 Å². The van der Waals surface area contributed by atoms with E-state index in [2.05, 4.69) is 26.6 Å². The number of ether oxygens (including phenoxy) is 3. The lowest BCUT2D eigenvalue weighted by Gasteiger charge is -2.05. The fraction of sp³-hybridized carbons (Fsp3) is 0.714. The van der Waals surface area contributed by atoms with Crippen LogP contribution in [0.4, 0.5) is 0 Å². The Kier molecular flexibility index (Phi) is 14.3. The smallest absolute Gasteiger partial charge is 0.251 e. The van der Waals surface area contributed by atoms with Crippen LogP contribution >= 0.6 is 0 Å². The van der Waals surface area contributed by atoms with Crippen molar-refractivity contribution in [1.29, 1.82) is 0 Å². The van der Waals surface area contributed by atoms with Crippen molar-refractivity contribution < 1.29 is 23.8 Å². The maximum Gasteiger partial charge on any atom is 0.251 e. The molecule has 0 radical (unpaired) electrons. The zero-order valence-electron chi connectivity index (χ0n) is 13.7. The Bertz CT molecular complexity index is 459. The molecular formula is C14H23N5O5. The van der Waals surface area contributed by atoms with Crippen molar-refractivity contribution in [2.75, 3.05) is 59.8 Å². The van der Waals surface area contributed by atoms with Crippen LogP contribution in [0.15, 0.2) is 5.11 Å². The lowest BCUT2D eigenvalue weighted by Crippen LogP contribution is -2.19. The summed E-state index contributed by atoms with van der Waals surface area (Å²) in [6, 6.07) is -0.662. The van der Waals surface area contributed by atoms with Gasteiger partial charge in [0.2, 0.25) is 0 Å². The van der Waals surface area contributed by atoms with Gasteiger partial charge in [-0.2, -0.15) is 0 Å². The molecule has 0 aromatic rings. The van der Waals surface area contributed by atoms with Crippen LogP contribution in [0, 0.1) is 12.3 Å². The Morgan fingerprint density at radius 1 is 1.33 bits per heavy atom. The minimum Gasteiger partial charge on any atom is -0.379 e. The van der Waals surface area contributed by atoms with Crippen molar-refractivity contribution in [2.45, 2.75) is 6.04 Å². The number of hydrogen-bond donors (Lipinski definition) is 2. The third kappa shape index (κ3) is 13.5. The molecule has 24 heavy (non-hydrogen) atoms. The topological polar surface area (TPSA) is 145 Å². The summed E-state index contributed by atoms with van der Waals surface area (Å²) in [6.45, 7) is 2.67. The summed E-state index contributed by atoms with van der Waals surface area (Å²) in [7, 11) is 1.82. The van der Waals surface area contributed by atoms with Gasteiger partial charge in [0.25, 0.3) is 5.91 Å². The molecule has 1 heterocycles. The van der Waals surface area contributed by atoms with Gasteiger partial charge >= 0.3 is 0 Å². The third-order valence-corrected chi connectivity index (χ3v) is 2.45. The number of Topliss-reactive ketones (excluding diaryl/α,β-unsaturated/α-hetero) is 1. The largest absolute Gasteiger partial charge is 0.379 e. The average Bonchev–Trinajstić information content (AvgIpc) is 3.31. The van der Waals surface area contributed by atoms with E-state index in [9.17, 15) is 9.59 Å². The molecule has 0 saturated carbocycles. The molecule has 0 aromatic heterocycles. The van der Waals surface area contributed by atoms with Crippen LogP contribution in [0.25, 0.3) is 10.4 Å². The van der Waals surface area contributed by atoms with E-state index in [4.69, 9.17) is 26.2 Å². The molecule has 1 atom stereocenters. The molecule has 1 amide bonds. The summed E-state index contributed by atoms with van der Waals surface area (Å²) >= 11 is 0. The number of terminal acetylenes is 1. The molecule has 1 unspecified atom stereocenters. The lowest BCUT2D eigenvalue weighted by atomic mass is 10.3. The molecular weight excluding hydrogens is 318 g/mol. The van der Waals surface area contributed by atoms with Gasteiger partial charge in [0.15, 0.2) is 11.8 Å². The highest BCUT2D eigenvalue weighted by Gasteiger charge is 2.40. The molecule has 1 fully saturated rings. The first-order valence-electron chi connectivity index (χ1n) is 7.32. The summed E-state index contributed by atoms with van der Waals surface area (Å²) in [4.78, 5) is 24.3. The first kappa shape index (κ1) is 21.9. The maximum atomic E-state index is 11.2. The molecule has 0 spiro atoms. The number of amides is 1. The summed E-state index contributed by atoms with van der Waals surface area (Å²) in [5.74, 6) is 1.90. The van der Waals surface area contributed by atoms with Crippen molar-refractivity contribution in [3.8, 4) is 12.3 Å². The number of ketones is 1.